The molecular formula is C13H20N2O4. The van der Waals surface area contributed by atoms with Gasteiger partial charge in [-0.15, -0.1) is 6.58 Å². The zero-order chi connectivity index (χ0) is 14.3. The third-order valence-corrected chi connectivity index (χ3v) is 2.34. The van der Waals surface area contributed by atoms with Crippen LogP contribution < -0.4 is 11.2 Å². The van der Waals surface area contributed by atoms with E-state index in [4.69, 9.17) is 9.47 Å². The number of H-pyrrole nitrogens is 1. The Morgan fingerprint density at radius 1 is 1.47 bits per heavy atom. The first-order chi connectivity index (χ1) is 9.04. The van der Waals surface area contributed by atoms with Crippen LogP contribution in [0.1, 0.15) is 26.5 Å². The molecule has 1 unspecified atom stereocenters. The van der Waals surface area contributed by atoms with Crippen LogP contribution in [0.4, 0.5) is 0 Å². The van der Waals surface area contributed by atoms with E-state index >= 15 is 0 Å². The molecule has 1 atom stereocenters. The minimum absolute atomic E-state index is 0.0387. The van der Waals surface area contributed by atoms with Crippen molar-refractivity contribution in [3.63, 3.8) is 0 Å². The minimum atomic E-state index is -0.484. The van der Waals surface area contributed by atoms with Gasteiger partial charge in [0.05, 0.1) is 19.3 Å². The standard InChI is InChI=1S/C13H20N2O4/c1-4-8-18-9-6-12(19-10(2)3)15-7-5-11(16)14-13(15)17/h4-5,7,10,12H,1,6,8-9H2,2-3H3,(H,14,16,17). The molecule has 106 valence electrons. The van der Waals surface area contributed by atoms with Gasteiger partial charge >= 0.3 is 5.69 Å². The number of aromatic amines is 1. The van der Waals surface area contributed by atoms with Gasteiger partial charge in [-0.3, -0.25) is 14.3 Å². The maximum absolute atomic E-state index is 11.7. The van der Waals surface area contributed by atoms with Crippen LogP contribution in [0.5, 0.6) is 0 Å². The Morgan fingerprint density at radius 3 is 2.79 bits per heavy atom. The van der Waals surface area contributed by atoms with Crippen LogP contribution in [-0.2, 0) is 9.47 Å². The fourth-order valence-electron chi connectivity index (χ4n) is 1.59. The van der Waals surface area contributed by atoms with Crippen molar-refractivity contribution >= 4 is 0 Å². The number of rotatable bonds is 8. The largest absolute Gasteiger partial charge is 0.377 e. The van der Waals surface area contributed by atoms with Gasteiger partial charge in [0.1, 0.15) is 6.23 Å². The molecule has 19 heavy (non-hydrogen) atoms. The Balaban J connectivity index is 2.80. The first-order valence-corrected chi connectivity index (χ1v) is 6.20. The monoisotopic (exact) mass is 268 g/mol. The molecule has 1 N–H and O–H groups in total. The predicted molar refractivity (Wildman–Crippen MR) is 72.2 cm³/mol. The average molecular weight is 268 g/mol. The molecule has 0 saturated carbocycles. The highest BCUT2D eigenvalue weighted by atomic mass is 16.5. The van der Waals surface area contributed by atoms with Crippen molar-refractivity contribution in [2.45, 2.75) is 32.6 Å². The lowest BCUT2D eigenvalue weighted by Crippen LogP contribution is -2.34. The predicted octanol–water partition coefficient (Wildman–Crippen LogP) is 1.05. The Bertz CT molecular complexity index is 504. The maximum atomic E-state index is 11.7. The normalized spacial score (nSPS) is 12.6. The quantitative estimate of drug-likeness (QED) is 0.565. The van der Waals surface area contributed by atoms with Gasteiger partial charge in [0, 0.05) is 18.7 Å². The number of hydrogen-bond donors (Lipinski definition) is 1. The van der Waals surface area contributed by atoms with Gasteiger partial charge in [-0.2, -0.15) is 0 Å². The molecule has 6 heteroatoms. The van der Waals surface area contributed by atoms with E-state index in [0.717, 1.165) is 0 Å². The highest BCUT2D eigenvalue weighted by Gasteiger charge is 2.14. The van der Waals surface area contributed by atoms with E-state index in [1.807, 2.05) is 13.8 Å². The Labute approximate surface area is 111 Å². The molecule has 0 fully saturated rings. The number of hydrogen-bond acceptors (Lipinski definition) is 4. The molecule has 1 heterocycles. The SMILES string of the molecule is C=CCOCCC(OC(C)C)n1ccc(=O)[nH]c1=O. The van der Waals surface area contributed by atoms with Crippen molar-refractivity contribution in [1.82, 2.24) is 9.55 Å². The molecule has 1 rings (SSSR count). The summed E-state index contributed by atoms with van der Waals surface area (Å²) in [4.78, 5) is 25.0. The molecule has 0 aromatic carbocycles. The Hall–Kier alpha value is -1.66. The van der Waals surface area contributed by atoms with E-state index in [1.54, 1.807) is 6.08 Å². The molecule has 1 aromatic heterocycles. The molecule has 0 aliphatic heterocycles. The third kappa shape index (κ3) is 5.23. The van der Waals surface area contributed by atoms with Crippen molar-refractivity contribution in [3.05, 3.63) is 45.8 Å². The smallest absolute Gasteiger partial charge is 0.330 e. The first kappa shape index (κ1) is 15.4. The number of aromatic nitrogens is 2. The molecule has 6 nitrogen and oxygen atoms in total. The van der Waals surface area contributed by atoms with Crippen molar-refractivity contribution in [2.75, 3.05) is 13.2 Å². The van der Waals surface area contributed by atoms with E-state index in [1.165, 1.54) is 16.8 Å². The Kier molecular flexibility index (Phi) is 6.24. The summed E-state index contributed by atoms with van der Waals surface area (Å²) in [5.74, 6) is 0. The van der Waals surface area contributed by atoms with Gasteiger partial charge in [-0.1, -0.05) is 6.08 Å². The molecular weight excluding hydrogens is 248 g/mol. The third-order valence-electron chi connectivity index (χ3n) is 2.34. The molecule has 0 bridgehead atoms. The highest BCUT2D eigenvalue weighted by Crippen LogP contribution is 2.13. The summed E-state index contributed by atoms with van der Waals surface area (Å²) in [7, 11) is 0. The zero-order valence-corrected chi connectivity index (χ0v) is 11.3. The van der Waals surface area contributed by atoms with E-state index in [9.17, 15) is 9.59 Å². The minimum Gasteiger partial charge on any atom is -0.377 e. The van der Waals surface area contributed by atoms with E-state index in [-0.39, 0.29) is 6.10 Å². The van der Waals surface area contributed by atoms with Crippen molar-refractivity contribution in [1.29, 1.82) is 0 Å². The fourth-order valence-corrected chi connectivity index (χ4v) is 1.59. The summed E-state index contributed by atoms with van der Waals surface area (Å²) >= 11 is 0. The summed E-state index contributed by atoms with van der Waals surface area (Å²) in [6.45, 7) is 8.22. The number of ether oxygens (including phenoxy) is 2. The second-order valence-corrected chi connectivity index (χ2v) is 4.31. The summed E-state index contributed by atoms with van der Waals surface area (Å²) in [6, 6.07) is 1.29. The number of nitrogens with zero attached hydrogens (tertiary/aromatic N) is 1. The molecule has 0 radical (unpaired) electrons. The molecule has 0 spiro atoms. The lowest BCUT2D eigenvalue weighted by atomic mass is 10.3. The van der Waals surface area contributed by atoms with Gasteiger partial charge in [0.25, 0.3) is 5.56 Å². The summed E-state index contributed by atoms with van der Waals surface area (Å²) in [5, 5.41) is 0. The van der Waals surface area contributed by atoms with Gasteiger partial charge in [-0.05, 0) is 13.8 Å². The van der Waals surface area contributed by atoms with Gasteiger partial charge in [-0.25, -0.2) is 4.79 Å². The van der Waals surface area contributed by atoms with E-state index in [0.29, 0.717) is 19.6 Å². The van der Waals surface area contributed by atoms with Crippen molar-refractivity contribution < 1.29 is 9.47 Å². The first-order valence-electron chi connectivity index (χ1n) is 6.20. The maximum Gasteiger partial charge on any atom is 0.330 e. The van der Waals surface area contributed by atoms with Gasteiger partial charge < -0.3 is 9.47 Å². The van der Waals surface area contributed by atoms with Crippen LogP contribution >= 0.6 is 0 Å². The topological polar surface area (TPSA) is 73.3 Å². The lowest BCUT2D eigenvalue weighted by molar-refractivity contribution is -0.0562. The van der Waals surface area contributed by atoms with Crippen molar-refractivity contribution in [2.24, 2.45) is 0 Å². The van der Waals surface area contributed by atoms with Crippen LogP contribution in [-0.4, -0.2) is 28.9 Å². The average Bonchev–Trinajstić information content (AvgIpc) is 2.33. The van der Waals surface area contributed by atoms with Crippen LogP contribution in [0.3, 0.4) is 0 Å². The highest BCUT2D eigenvalue weighted by molar-refractivity contribution is 4.84. The van der Waals surface area contributed by atoms with Crippen LogP contribution in [0.15, 0.2) is 34.5 Å². The van der Waals surface area contributed by atoms with Gasteiger partial charge in [0.2, 0.25) is 0 Å². The lowest BCUT2D eigenvalue weighted by Gasteiger charge is -2.22. The molecule has 0 saturated heterocycles. The van der Waals surface area contributed by atoms with Gasteiger partial charge in [0.15, 0.2) is 0 Å². The van der Waals surface area contributed by atoms with Crippen molar-refractivity contribution in [3.8, 4) is 0 Å². The van der Waals surface area contributed by atoms with E-state index in [2.05, 4.69) is 11.6 Å². The summed E-state index contributed by atoms with van der Waals surface area (Å²) in [5.41, 5.74) is -0.908. The molecule has 0 aliphatic rings. The zero-order valence-electron chi connectivity index (χ0n) is 11.3. The number of nitrogens with one attached hydrogen (secondary N) is 1. The second-order valence-electron chi connectivity index (χ2n) is 4.31. The van der Waals surface area contributed by atoms with Crippen LogP contribution in [0.2, 0.25) is 0 Å². The molecule has 1 aromatic rings. The molecule has 0 amide bonds. The van der Waals surface area contributed by atoms with E-state index < -0.39 is 17.5 Å². The summed E-state index contributed by atoms with van der Waals surface area (Å²) in [6.07, 6.45) is 3.10. The van der Waals surface area contributed by atoms with Crippen LogP contribution in [0.25, 0.3) is 0 Å². The van der Waals surface area contributed by atoms with Crippen LogP contribution in [0, 0.1) is 0 Å². The Morgan fingerprint density at radius 2 is 2.21 bits per heavy atom. The summed E-state index contributed by atoms with van der Waals surface area (Å²) < 4.78 is 12.3. The molecule has 0 aliphatic carbocycles. The second kappa shape index (κ2) is 7.70. The fraction of sp³-hybridized carbons (Fsp3) is 0.538.